The van der Waals surface area contributed by atoms with Crippen molar-refractivity contribution in [2.24, 2.45) is 4.99 Å². The molecule has 2 aromatic carbocycles. The second kappa shape index (κ2) is 13.0. The normalized spacial score (nSPS) is 12.4. The van der Waals surface area contributed by atoms with Crippen LogP contribution in [0.5, 0.6) is 0 Å². The average molecular weight is 480 g/mol. The number of hydrogen-bond donors (Lipinski definition) is 4. The van der Waals surface area contributed by atoms with Crippen LogP contribution in [-0.2, 0) is 4.79 Å². The zero-order chi connectivity index (χ0) is 25.1. The number of aliphatic imine (C=N–C) groups is 1. The summed E-state index contributed by atoms with van der Waals surface area (Å²) in [7, 11) is 1.58. The summed E-state index contributed by atoms with van der Waals surface area (Å²) in [5, 5.41) is 12.2. The summed E-state index contributed by atoms with van der Waals surface area (Å²) in [5.74, 6) is 0.167. The number of nitrogens with zero attached hydrogens (tertiary/aromatic N) is 1. The van der Waals surface area contributed by atoms with E-state index in [-0.39, 0.29) is 11.8 Å². The molecule has 0 aliphatic rings. The van der Waals surface area contributed by atoms with Crippen molar-refractivity contribution in [1.29, 1.82) is 0 Å². The van der Waals surface area contributed by atoms with Crippen LogP contribution in [0.1, 0.15) is 37.6 Å². The van der Waals surface area contributed by atoms with Crippen molar-refractivity contribution in [3.8, 4) is 0 Å². The van der Waals surface area contributed by atoms with Gasteiger partial charge in [0, 0.05) is 30.3 Å². The zero-order valence-corrected chi connectivity index (χ0v) is 20.6. The number of halogens is 1. The molecule has 0 atom stereocenters. The molecular weight excluding hydrogens is 450 g/mol. The van der Waals surface area contributed by atoms with Gasteiger partial charge < -0.3 is 21.3 Å². The number of carbonyl (C=O) groups is 2. The fourth-order valence-electron chi connectivity index (χ4n) is 2.83. The van der Waals surface area contributed by atoms with Crippen LogP contribution < -0.4 is 21.3 Å². The predicted octanol–water partition coefficient (Wildman–Crippen LogP) is 5.88. The molecule has 0 spiro atoms. The first-order valence-electron chi connectivity index (χ1n) is 10.8. The van der Waals surface area contributed by atoms with Gasteiger partial charge in [-0.1, -0.05) is 43.3 Å². The Bertz CT molecular complexity index is 1150. The van der Waals surface area contributed by atoms with Crippen LogP contribution in [0.2, 0.25) is 0 Å². The molecule has 0 bridgehead atoms. The third kappa shape index (κ3) is 7.64. The molecule has 0 aliphatic carbocycles. The van der Waals surface area contributed by atoms with Crippen LogP contribution >= 0.6 is 11.6 Å². The van der Waals surface area contributed by atoms with E-state index in [2.05, 4.69) is 32.8 Å². The number of nitrogens with one attached hydrogen (secondary N) is 4. The van der Waals surface area contributed by atoms with Crippen molar-refractivity contribution in [2.45, 2.75) is 27.2 Å². The van der Waals surface area contributed by atoms with E-state index in [0.717, 1.165) is 17.7 Å². The third-order valence-corrected chi connectivity index (χ3v) is 5.28. The maximum Gasteiger partial charge on any atom is 0.253 e. The molecule has 2 rings (SSSR count). The number of allylic oxidation sites excluding steroid dienone is 3. The Balaban J connectivity index is 2.25. The molecule has 4 N–H and O–H groups in total. The SMILES string of the molecule is C=CC(=O)Nc1cccc(NC(/N=C\C(Cl)=C(/C)Nc2ccccc2C(=O)NC)=C(/C)CC)c1. The standard InChI is InChI=1S/C26H30ClN5O2/c1-6-17(3)25(32-20-12-10-11-19(15-20)31-24(33)7-2)29-16-22(27)18(4)30-23-14-9-8-13-21(23)26(34)28-5/h7-16,30,32H,2,6H2,1,3-5H3,(H,28,34)(H,31,33)/b22-18-,25-17-,29-16-. The van der Waals surface area contributed by atoms with Crippen molar-refractivity contribution < 1.29 is 9.59 Å². The highest BCUT2D eigenvalue weighted by Crippen LogP contribution is 2.21. The Hall–Kier alpha value is -3.84. The van der Waals surface area contributed by atoms with E-state index in [9.17, 15) is 9.59 Å². The minimum absolute atomic E-state index is 0.194. The maximum absolute atomic E-state index is 12.1. The monoisotopic (exact) mass is 479 g/mol. The third-order valence-electron chi connectivity index (χ3n) is 4.90. The highest BCUT2D eigenvalue weighted by atomic mass is 35.5. The lowest BCUT2D eigenvalue weighted by molar-refractivity contribution is -0.111. The van der Waals surface area contributed by atoms with Crippen LogP contribution in [0, 0.1) is 0 Å². The Kier molecular flexibility index (Phi) is 10.1. The molecule has 0 aliphatic heterocycles. The molecule has 2 aromatic rings. The van der Waals surface area contributed by atoms with E-state index in [1.165, 1.54) is 6.08 Å². The van der Waals surface area contributed by atoms with Crippen LogP contribution in [-0.4, -0.2) is 25.1 Å². The molecule has 7 nitrogen and oxygen atoms in total. The second-order valence-electron chi connectivity index (χ2n) is 7.36. The molecule has 0 saturated heterocycles. The highest BCUT2D eigenvalue weighted by Gasteiger charge is 2.10. The van der Waals surface area contributed by atoms with Crippen LogP contribution in [0.15, 0.2) is 88.3 Å². The van der Waals surface area contributed by atoms with Gasteiger partial charge in [-0.2, -0.15) is 0 Å². The summed E-state index contributed by atoms with van der Waals surface area (Å²) in [5.41, 5.74) is 4.22. The van der Waals surface area contributed by atoms with Gasteiger partial charge in [0.1, 0.15) is 5.82 Å². The minimum Gasteiger partial charge on any atom is -0.357 e. The van der Waals surface area contributed by atoms with Gasteiger partial charge in [-0.3, -0.25) is 9.59 Å². The number of amides is 2. The highest BCUT2D eigenvalue weighted by molar-refractivity contribution is 6.39. The molecular formula is C26H30ClN5O2. The van der Waals surface area contributed by atoms with Crippen molar-refractivity contribution in [1.82, 2.24) is 5.32 Å². The van der Waals surface area contributed by atoms with Gasteiger partial charge in [-0.15, -0.1) is 0 Å². The first-order chi connectivity index (χ1) is 16.3. The van der Waals surface area contributed by atoms with E-state index in [1.807, 2.05) is 45.0 Å². The smallest absolute Gasteiger partial charge is 0.253 e. The molecule has 8 heteroatoms. The van der Waals surface area contributed by atoms with E-state index < -0.39 is 0 Å². The lowest BCUT2D eigenvalue weighted by atomic mass is 10.1. The average Bonchev–Trinajstić information content (AvgIpc) is 2.85. The van der Waals surface area contributed by atoms with Crippen molar-refractivity contribution in [2.75, 3.05) is 23.0 Å². The largest absolute Gasteiger partial charge is 0.357 e. The van der Waals surface area contributed by atoms with E-state index in [4.69, 9.17) is 11.6 Å². The number of anilines is 3. The summed E-state index contributed by atoms with van der Waals surface area (Å²) < 4.78 is 0. The Morgan fingerprint density at radius 1 is 1.03 bits per heavy atom. The van der Waals surface area contributed by atoms with E-state index in [0.29, 0.717) is 33.5 Å². The number of hydrogen-bond acceptors (Lipinski definition) is 5. The quantitative estimate of drug-likeness (QED) is 0.253. The lowest BCUT2D eigenvalue weighted by Crippen LogP contribution is -2.19. The number of rotatable bonds is 10. The molecule has 2 amide bonds. The first-order valence-corrected chi connectivity index (χ1v) is 11.2. The molecule has 34 heavy (non-hydrogen) atoms. The van der Waals surface area contributed by atoms with Crippen molar-refractivity contribution in [3.05, 3.63) is 88.9 Å². The summed E-state index contributed by atoms with van der Waals surface area (Å²) in [6, 6.07) is 14.5. The van der Waals surface area contributed by atoms with E-state index >= 15 is 0 Å². The fraction of sp³-hybridized carbons (Fsp3) is 0.192. The number of benzene rings is 2. The number of para-hydroxylation sites is 1. The molecule has 0 saturated carbocycles. The summed E-state index contributed by atoms with van der Waals surface area (Å²) >= 11 is 6.50. The Labute approximate surface area is 205 Å². The van der Waals surface area contributed by atoms with Crippen LogP contribution in [0.25, 0.3) is 0 Å². The van der Waals surface area contributed by atoms with Crippen molar-refractivity contribution >= 4 is 46.7 Å². The molecule has 0 radical (unpaired) electrons. The van der Waals surface area contributed by atoms with Gasteiger partial charge in [0.25, 0.3) is 5.91 Å². The van der Waals surface area contributed by atoms with Gasteiger partial charge in [0.2, 0.25) is 5.91 Å². The summed E-state index contributed by atoms with van der Waals surface area (Å²) in [6.07, 6.45) is 3.55. The minimum atomic E-state index is -0.284. The molecule has 178 valence electrons. The molecule has 0 heterocycles. The number of carbonyl (C=O) groups excluding carboxylic acids is 2. The second-order valence-corrected chi connectivity index (χ2v) is 7.77. The Morgan fingerprint density at radius 2 is 1.71 bits per heavy atom. The summed E-state index contributed by atoms with van der Waals surface area (Å²) in [6.45, 7) is 9.29. The molecule has 0 aromatic heterocycles. The first kappa shape index (κ1) is 26.4. The van der Waals surface area contributed by atoms with Crippen LogP contribution in [0.3, 0.4) is 0 Å². The topological polar surface area (TPSA) is 94.6 Å². The van der Waals surface area contributed by atoms with Gasteiger partial charge >= 0.3 is 0 Å². The molecule has 0 fully saturated rings. The summed E-state index contributed by atoms with van der Waals surface area (Å²) in [4.78, 5) is 28.3. The fourth-order valence-corrected chi connectivity index (χ4v) is 2.92. The van der Waals surface area contributed by atoms with E-state index in [1.54, 1.807) is 37.5 Å². The van der Waals surface area contributed by atoms with Crippen LogP contribution in [0.4, 0.5) is 17.1 Å². The van der Waals surface area contributed by atoms with Gasteiger partial charge in [-0.05, 0) is 62.2 Å². The van der Waals surface area contributed by atoms with Gasteiger partial charge in [-0.25, -0.2) is 4.99 Å². The van der Waals surface area contributed by atoms with Gasteiger partial charge in [0.15, 0.2) is 0 Å². The van der Waals surface area contributed by atoms with Crippen molar-refractivity contribution in [3.63, 3.8) is 0 Å². The van der Waals surface area contributed by atoms with Gasteiger partial charge in [0.05, 0.1) is 16.3 Å². The maximum atomic E-state index is 12.1. The predicted molar refractivity (Wildman–Crippen MR) is 142 cm³/mol. The molecule has 0 unspecified atom stereocenters. The zero-order valence-electron chi connectivity index (χ0n) is 19.8. The Morgan fingerprint density at radius 3 is 2.35 bits per heavy atom. The lowest BCUT2D eigenvalue weighted by Gasteiger charge is -2.13.